The van der Waals surface area contributed by atoms with Gasteiger partial charge in [-0.1, -0.05) is 35.0 Å². The van der Waals surface area contributed by atoms with Gasteiger partial charge in [-0.3, -0.25) is 0 Å². The molecule has 0 aliphatic heterocycles. The summed E-state index contributed by atoms with van der Waals surface area (Å²) in [5.41, 5.74) is 3.49. The number of nitrogens with zero attached hydrogens (tertiary/aromatic N) is 3. The Morgan fingerprint density at radius 3 is 2.56 bits per heavy atom. The van der Waals surface area contributed by atoms with Gasteiger partial charge in [0.25, 0.3) is 5.89 Å². The van der Waals surface area contributed by atoms with E-state index in [1.165, 1.54) is 11.6 Å². The average molecular weight is 436 g/mol. The van der Waals surface area contributed by atoms with Crippen LogP contribution in [0.5, 0.6) is 5.75 Å². The van der Waals surface area contributed by atoms with Gasteiger partial charge >= 0.3 is 0 Å². The summed E-state index contributed by atoms with van der Waals surface area (Å²) in [6.07, 6.45) is 6.74. The molecular weight excluding hydrogens is 405 g/mol. The zero-order valence-corrected chi connectivity index (χ0v) is 18.9. The molecule has 6 heteroatoms. The minimum atomic E-state index is -0.174. The number of methoxy groups -OCH3 is 1. The van der Waals surface area contributed by atoms with E-state index in [1.807, 2.05) is 36.4 Å². The molecule has 1 aliphatic rings. The van der Waals surface area contributed by atoms with Crippen molar-refractivity contribution >= 4 is 6.08 Å². The van der Waals surface area contributed by atoms with Gasteiger partial charge in [-0.2, -0.15) is 4.98 Å². The second-order valence-electron chi connectivity index (χ2n) is 8.68. The van der Waals surface area contributed by atoms with Gasteiger partial charge in [-0.05, 0) is 81.1 Å². The molecule has 1 fully saturated rings. The Hall–Kier alpha value is -2.99. The van der Waals surface area contributed by atoms with Crippen LogP contribution in [0.4, 0.5) is 4.39 Å². The van der Waals surface area contributed by atoms with Crippen molar-refractivity contribution in [2.24, 2.45) is 5.92 Å². The van der Waals surface area contributed by atoms with E-state index in [1.54, 1.807) is 19.2 Å². The fourth-order valence-electron chi connectivity index (χ4n) is 4.65. The van der Waals surface area contributed by atoms with Gasteiger partial charge in [0, 0.05) is 18.5 Å². The summed E-state index contributed by atoms with van der Waals surface area (Å²) in [7, 11) is 5.80. The summed E-state index contributed by atoms with van der Waals surface area (Å²) in [5, 5.41) is 4.13. The summed E-state index contributed by atoms with van der Waals surface area (Å²) in [4.78, 5) is 6.75. The maximum Gasteiger partial charge on any atom is 0.250 e. The lowest BCUT2D eigenvalue weighted by Gasteiger charge is -2.36. The number of hydrogen-bond acceptors (Lipinski definition) is 5. The predicted molar refractivity (Wildman–Crippen MR) is 123 cm³/mol. The lowest BCUT2D eigenvalue weighted by atomic mass is 9.78. The number of halogens is 1. The highest BCUT2D eigenvalue weighted by atomic mass is 19.1. The first-order valence-corrected chi connectivity index (χ1v) is 11.1. The lowest BCUT2D eigenvalue weighted by Crippen LogP contribution is -2.29. The van der Waals surface area contributed by atoms with Crippen molar-refractivity contribution in [3.05, 3.63) is 82.8 Å². The highest BCUT2D eigenvalue weighted by Crippen LogP contribution is 2.39. The van der Waals surface area contributed by atoms with Crippen molar-refractivity contribution in [1.82, 2.24) is 15.0 Å². The first-order chi connectivity index (χ1) is 15.5. The molecule has 0 spiro atoms. The summed E-state index contributed by atoms with van der Waals surface area (Å²) < 4.78 is 24.4. The molecule has 0 radical (unpaired) electrons. The molecule has 1 saturated carbocycles. The molecule has 0 amide bonds. The molecule has 3 aromatic rings. The average Bonchev–Trinajstić information content (AvgIpc) is 3.22. The van der Waals surface area contributed by atoms with Crippen LogP contribution in [-0.4, -0.2) is 36.2 Å². The van der Waals surface area contributed by atoms with E-state index in [2.05, 4.69) is 29.1 Å². The Kier molecular flexibility index (Phi) is 7.00. The van der Waals surface area contributed by atoms with Crippen LogP contribution in [0.2, 0.25) is 0 Å². The van der Waals surface area contributed by atoms with E-state index in [4.69, 9.17) is 9.26 Å². The first-order valence-electron chi connectivity index (χ1n) is 11.1. The van der Waals surface area contributed by atoms with Crippen LogP contribution in [0, 0.1) is 11.7 Å². The van der Waals surface area contributed by atoms with Crippen LogP contribution in [0.3, 0.4) is 0 Å². The SMILES string of the molecule is COc1ccc(Cc2noc(C=C3CCC(C(c4cccc(F)c4)N(C)C)CC3)n2)cc1. The summed E-state index contributed by atoms with van der Waals surface area (Å²) in [6.45, 7) is 0. The van der Waals surface area contributed by atoms with Gasteiger partial charge < -0.3 is 14.2 Å². The molecule has 1 atom stereocenters. The molecule has 1 aromatic heterocycles. The van der Waals surface area contributed by atoms with Crippen molar-refractivity contribution in [3.63, 3.8) is 0 Å². The molecule has 0 saturated heterocycles. The van der Waals surface area contributed by atoms with Crippen LogP contribution in [0.15, 0.2) is 58.6 Å². The van der Waals surface area contributed by atoms with E-state index < -0.39 is 0 Å². The van der Waals surface area contributed by atoms with Crippen LogP contribution in [0.1, 0.15) is 54.6 Å². The number of ether oxygens (including phenoxy) is 1. The third-order valence-electron chi connectivity index (χ3n) is 6.20. The van der Waals surface area contributed by atoms with E-state index in [0.717, 1.165) is 42.6 Å². The van der Waals surface area contributed by atoms with Crippen LogP contribution in [0.25, 0.3) is 6.08 Å². The van der Waals surface area contributed by atoms with Crippen LogP contribution >= 0.6 is 0 Å². The Morgan fingerprint density at radius 2 is 1.91 bits per heavy atom. The number of allylic oxidation sites excluding steroid dienone is 1. The van der Waals surface area contributed by atoms with Crippen molar-refractivity contribution in [3.8, 4) is 5.75 Å². The number of rotatable bonds is 7. The summed E-state index contributed by atoms with van der Waals surface area (Å²) >= 11 is 0. The Labute approximate surface area is 188 Å². The number of benzene rings is 2. The van der Waals surface area contributed by atoms with E-state index in [0.29, 0.717) is 24.1 Å². The third-order valence-corrected chi connectivity index (χ3v) is 6.20. The monoisotopic (exact) mass is 435 g/mol. The van der Waals surface area contributed by atoms with Gasteiger partial charge in [0.05, 0.1) is 7.11 Å². The highest BCUT2D eigenvalue weighted by Gasteiger charge is 2.28. The Balaban J connectivity index is 1.38. The normalized spacial score (nSPS) is 17.4. The van der Waals surface area contributed by atoms with Crippen LogP contribution in [-0.2, 0) is 6.42 Å². The molecule has 5 nitrogen and oxygen atoms in total. The second-order valence-corrected chi connectivity index (χ2v) is 8.68. The molecule has 0 N–H and O–H groups in total. The zero-order chi connectivity index (χ0) is 22.5. The third kappa shape index (κ3) is 5.43. The van der Waals surface area contributed by atoms with Gasteiger partial charge in [-0.15, -0.1) is 0 Å². The van der Waals surface area contributed by atoms with Crippen molar-refractivity contribution < 1.29 is 13.7 Å². The van der Waals surface area contributed by atoms with Gasteiger partial charge in [-0.25, -0.2) is 4.39 Å². The van der Waals surface area contributed by atoms with E-state index in [-0.39, 0.29) is 11.9 Å². The van der Waals surface area contributed by atoms with Crippen molar-refractivity contribution in [1.29, 1.82) is 0 Å². The first kappa shape index (κ1) is 22.2. The van der Waals surface area contributed by atoms with Crippen molar-refractivity contribution in [2.75, 3.05) is 21.2 Å². The Bertz CT molecular complexity index is 1050. The van der Waals surface area contributed by atoms with Crippen molar-refractivity contribution in [2.45, 2.75) is 38.1 Å². The minimum Gasteiger partial charge on any atom is -0.497 e. The largest absolute Gasteiger partial charge is 0.497 e. The summed E-state index contributed by atoms with van der Waals surface area (Å²) in [5.74, 6) is 2.38. The highest BCUT2D eigenvalue weighted by molar-refractivity contribution is 5.44. The lowest BCUT2D eigenvalue weighted by molar-refractivity contribution is 0.183. The van der Waals surface area contributed by atoms with E-state index >= 15 is 0 Å². The van der Waals surface area contributed by atoms with Gasteiger partial charge in [0.1, 0.15) is 11.6 Å². The standard InChI is InChI=1S/C26H30FN3O2/c1-30(2)26(21-5-4-6-22(27)17-21)20-11-7-19(8-12-20)16-25-28-24(29-32-25)15-18-9-13-23(31-3)14-10-18/h4-6,9-10,13-14,16-17,20,26H,7-8,11-12,15H2,1-3H3. The molecule has 2 aromatic carbocycles. The fourth-order valence-corrected chi connectivity index (χ4v) is 4.65. The molecule has 1 heterocycles. The van der Waals surface area contributed by atoms with Gasteiger partial charge in [0.2, 0.25) is 0 Å². The van der Waals surface area contributed by atoms with Crippen LogP contribution < -0.4 is 4.74 Å². The molecular formula is C26H30FN3O2. The second kappa shape index (κ2) is 10.1. The summed E-state index contributed by atoms with van der Waals surface area (Å²) in [6, 6.07) is 15.1. The molecule has 4 rings (SSSR count). The van der Waals surface area contributed by atoms with Gasteiger partial charge in [0.15, 0.2) is 5.82 Å². The number of hydrogen-bond donors (Lipinski definition) is 0. The Morgan fingerprint density at radius 1 is 1.16 bits per heavy atom. The molecule has 0 bridgehead atoms. The molecule has 1 aliphatic carbocycles. The maximum absolute atomic E-state index is 13.8. The van der Waals surface area contributed by atoms with E-state index in [9.17, 15) is 4.39 Å². The predicted octanol–water partition coefficient (Wildman–Crippen LogP) is 5.68. The number of aromatic nitrogens is 2. The quantitative estimate of drug-likeness (QED) is 0.478. The fraction of sp³-hybridized carbons (Fsp3) is 0.385. The minimum absolute atomic E-state index is 0.174. The molecule has 32 heavy (non-hydrogen) atoms. The molecule has 168 valence electrons. The zero-order valence-electron chi connectivity index (χ0n) is 18.9. The topological polar surface area (TPSA) is 51.4 Å². The maximum atomic E-state index is 13.8. The smallest absolute Gasteiger partial charge is 0.250 e. The molecule has 1 unspecified atom stereocenters.